The van der Waals surface area contributed by atoms with E-state index in [2.05, 4.69) is 13.8 Å². The van der Waals surface area contributed by atoms with Crippen molar-refractivity contribution in [3.05, 3.63) is 0 Å². The Morgan fingerprint density at radius 2 is 1.24 bits per heavy atom. The second-order valence-electron chi connectivity index (χ2n) is 6.53. The number of rotatable bonds is 15. The molecule has 0 rings (SSSR count). The van der Waals surface area contributed by atoms with Crippen molar-refractivity contribution in [1.82, 2.24) is 0 Å². The first kappa shape index (κ1) is 20.5. The third-order valence-electron chi connectivity index (χ3n) is 4.34. The van der Waals surface area contributed by atoms with E-state index in [-0.39, 0.29) is 5.97 Å². The molecule has 1 atom stereocenters. The van der Waals surface area contributed by atoms with E-state index in [1.54, 1.807) is 0 Å². The van der Waals surface area contributed by atoms with Crippen molar-refractivity contribution >= 4 is 5.97 Å². The summed E-state index contributed by atoms with van der Waals surface area (Å²) in [5, 5.41) is 0. The van der Waals surface area contributed by atoms with Crippen LogP contribution < -0.4 is 0 Å². The zero-order chi connectivity index (χ0) is 15.8. The summed E-state index contributed by atoms with van der Waals surface area (Å²) >= 11 is 0. The van der Waals surface area contributed by atoms with Crippen molar-refractivity contribution in [2.24, 2.45) is 5.92 Å². The van der Waals surface area contributed by atoms with E-state index < -0.39 is 0 Å². The van der Waals surface area contributed by atoms with Crippen molar-refractivity contribution < 1.29 is 9.53 Å². The molecule has 0 aromatic carbocycles. The van der Waals surface area contributed by atoms with E-state index in [1.165, 1.54) is 84.0 Å². The smallest absolute Gasteiger partial charge is 0.302 e. The minimum Gasteiger partial charge on any atom is -0.466 e. The molecule has 0 aliphatic heterocycles. The van der Waals surface area contributed by atoms with Crippen LogP contribution in [0.4, 0.5) is 0 Å². The Kier molecular flexibility index (Phi) is 15.5. The molecule has 0 fully saturated rings. The highest BCUT2D eigenvalue weighted by Crippen LogP contribution is 2.15. The lowest BCUT2D eigenvalue weighted by Gasteiger charge is -2.07. The van der Waals surface area contributed by atoms with Gasteiger partial charge in [0.1, 0.15) is 0 Å². The average Bonchev–Trinajstić information content (AvgIpc) is 2.46. The number of hydrogen-bond donors (Lipinski definition) is 0. The van der Waals surface area contributed by atoms with Crippen LogP contribution in [0.2, 0.25) is 0 Å². The summed E-state index contributed by atoms with van der Waals surface area (Å²) in [5.41, 5.74) is 0. The monoisotopic (exact) mass is 298 g/mol. The summed E-state index contributed by atoms with van der Waals surface area (Å²) in [7, 11) is 0. The molecule has 0 aromatic rings. The Bertz CT molecular complexity index is 226. The molecule has 0 saturated carbocycles. The summed E-state index contributed by atoms with van der Waals surface area (Å²) in [5.74, 6) is 0.769. The normalized spacial score (nSPS) is 12.3. The Morgan fingerprint density at radius 3 is 1.67 bits per heavy atom. The Balaban J connectivity index is 3.01. The van der Waals surface area contributed by atoms with Crippen molar-refractivity contribution in [2.75, 3.05) is 6.61 Å². The molecule has 0 aliphatic rings. The molecule has 0 radical (unpaired) electrons. The second kappa shape index (κ2) is 15.9. The number of carbonyl (C=O) groups is 1. The fourth-order valence-electron chi connectivity index (χ4n) is 2.61. The van der Waals surface area contributed by atoms with E-state index in [4.69, 9.17) is 4.74 Å². The van der Waals surface area contributed by atoms with Crippen LogP contribution in [0, 0.1) is 5.92 Å². The molecule has 0 spiro atoms. The zero-order valence-corrected chi connectivity index (χ0v) is 14.8. The van der Waals surface area contributed by atoms with Crippen LogP contribution in [0.3, 0.4) is 0 Å². The molecular weight excluding hydrogens is 260 g/mol. The lowest BCUT2D eigenvalue weighted by molar-refractivity contribution is -0.141. The lowest BCUT2D eigenvalue weighted by atomic mass is 9.99. The number of ether oxygens (including phenoxy) is 1. The minimum absolute atomic E-state index is 0.154. The number of esters is 1. The van der Waals surface area contributed by atoms with Crippen LogP contribution in [0.25, 0.3) is 0 Å². The van der Waals surface area contributed by atoms with Gasteiger partial charge in [0.15, 0.2) is 0 Å². The van der Waals surface area contributed by atoms with Crippen molar-refractivity contribution in [3.63, 3.8) is 0 Å². The molecule has 0 aliphatic carbocycles. The minimum atomic E-state index is -0.154. The fourth-order valence-corrected chi connectivity index (χ4v) is 2.61. The van der Waals surface area contributed by atoms with Gasteiger partial charge in [-0.1, -0.05) is 90.9 Å². The Hall–Kier alpha value is -0.530. The van der Waals surface area contributed by atoms with E-state index in [1.807, 2.05) is 0 Å². The highest BCUT2D eigenvalue weighted by atomic mass is 16.5. The van der Waals surface area contributed by atoms with Gasteiger partial charge in [-0.2, -0.15) is 0 Å². The fraction of sp³-hybridized carbons (Fsp3) is 0.947. The molecule has 2 nitrogen and oxygen atoms in total. The van der Waals surface area contributed by atoms with E-state index >= 15 is 0 Å². The number of unbranched alkanes of at least 4 members (excludes halogenated alkanes) is 10. The third-order valence-corrected chi connectivity index (χ3v) is 4.34. The molecule has 0 N–H and O–H groups in total. The van der Waals surface area contributed by atoms with Gasteiger partial charge in [-0.3, -0.25) is 4.79 Å². The zero-order valence-electron chi connectivity index (χ0n) is 14.8. The molecule has 126 valence electrons. The first-order valence-electron chi connectivity index (χ1n) is 9.30. The summed E-state index contributed by atoms with van der Waals surface area (Å²) in [4.78, 5) is 10.6. The predicted molar refractivity (Wildman–Crippen MR) is 91.5 cm³/mol. The largest absolute Gasteiger partial charge is 0.466 e. The van der Waals surface area contributed by atoms with Crippen molar-refractivity contribution in [3.8, 4) is 0 Å². The summed E-state index contributed by atoms with van der Waals surface area (Å²) in [6.45, 7) is 6.74. The number of hydrogen-bond acceptors (Lipinski definition) is 2. The lowest BCUT2D eigenvalue weighted by Crippen LogP contribution is -2.00. The molecule has 2 heteroatoms. The molecule has 0 amide bonds. The Labute approximate surface area is 133 Å². The maximum atomic E-state index is 10.6. The topological polar surface area (TPSA) is 26.3 Å². The van der Waals surface area contributed by atoms with E-state index in [0.29, 0.717) is 6.61 Å². The molecule has 21 heavy (non-hydrogen) atoms. The summed E-state index contributed by atoms with van der Waals surface area (Å²) < 4.78 is 4.92. The second-order valence-corrected chi connectivity index (χ2v) is 6.53. The summed E-state index contributed by atoms with van der Waals surface area (Å²) in [6, 6.07) is 0. The van der Waals surface area contributed by atoms with Gasteiger partial charge >= 0.3 is 5.97 Å². The molecule has 0 unspecified atom stereocenters. The highest BCUT2D eigenvalue weighted by Gasteiger charge is 1.98. The van der Waals surface area contributed by atoms with Gasteiger partial charge in [0.05, 0.1) is 6.61 Å². The van der Waals surface area contributed by atoms with Crippen LogP contribution in [-0.2, 0) is 9.53 Å². The maximum Gasteiger partial charge on any atom is 0.302 e. The molecular formula is C19H38O2. The van der Waals surface area contributed by atoms with E-state index in [9.17, 15) is 4.79 Å². The van der Waals surface area contributed by atoms with Gasteiger partial charge in [-0.15, -0.1) is 0 Å². The molecule has 0 saturated heterocycles. The van der Waals surface area contributed by atoms with Gasteiger partial charge in [-0.05, 0) is 12.3 Å². The maximum absolute atomic E-state index is 10.6. The van der Waals surface area contributed by atoms with Gasteiger partial charge in [0.25, 0.3) is 0 Å². The quantitative estimate of drug-likeness (QED) is 0.263. The van der Waals surface area contributed by atoms with Crippen LogP contribution in [0.15, 0.2) is 0 Å². The Morgan fingerprint density at radius 1 is 0.810 bits per heavy atom. The summed E-state index contributed by atoms with van der Waals surface area (Å²) in [6.07, 6.45) is 17.5. The molecule has 0 bridgehead atoms. The standard InChI is InChI=1S/C19H38O2/c1-4-18(2)16-14-12-10-8-6-5-7-9-11-13-15-17-21-19(3)20/h18H,4-17H2,1-3H3/t18-/m0/s1. The predicted octanol–water partition coefficient (Wildman–Crippen LogP) is 6.28. The first-order chi connectivity index (χ1) is 10.2. The van der Waals surface area contributed by atoms with Gasteiger partial charge in [0.2, 0.25) is 0 Å². The van der Waals surface area contributed by atoms with Crippen LogP contribution in [0.5, 0.6) is 0 Å². The first-order valence-corrected chi connectivity index (χ1v) is 9.30. The van der Waals surface area contributed by atoms with Crippen LogP contribution in [0.1, 0.15) is 104 Å². The number of carbonyl (C=O) groups excluding carboxylic acids is 1. The molecule has 0 heterocycles. The van der Waals surface area contributed by atoms with E-state index in [0.717, 1.165) is 12.3 Å². The average molecular weight is 299 g/mol. The third kappa shape index (κ3) is 17.4. The van der Waals surface area contributed by atoms with Gasteiger partial charge in [-0.25, -0.2) is 0 Å². The van der Waals surface area contributed by atoms with Gasteiger partial charge < -0.3 is 4.74 Å². The van der Waals surface area contributed by atoms with Crippen molar-refractivity contribution in [2.45, 2.75) is 104 Å². The van der Waals surface area contributed by atoms with Crippen LogP contribution in [-0.4, -0.2) is 12.6 Å². The highest BCUT2D eigenvalue weighted by molar-refractivity contribution is 5.65. The molecule has 0 aromatic heterocycles. The van der Waals surface area contributed by atoms with Crippen LogP contribution >= 0.6 is 0 Å². The van der Waals surface area contributed by atoms with Gasteiger partial charge in [0, 0.05) is 6.92 Å². The van der Waals surface area contributed by atoms with Crippen molar-refractivity contribution in [1.29, 1.82) is 0 Å². The SMILES string of the molecule is CC[C@H](C)CCCCCCCCCCCCCOC(C)=O.